The molecule has 0 aliphatic rings. The fourth-order valence-electron chi connectivity index (χ4n) is 7.70. The zero-order valence-corrected chi connectivity index (χ0v) is 42.3. The third-order valence-electron chi connectivity index (χ3n) is 11.8. The molecule has 6 nitrogen and oxygen atoms in total. The summed E-state index contributed by atoms with van der Waals surface area (Å²) in [6.45, 7) is 6.51. The number of ether oxygens (including phenoxy) is 3. The monoisotopic (exact) mass is 895 g/mol. The zero-order chi connectivity index (χ0) is 46.5. The Bertz CT molecular complexity index is 1170. The standard InChI is InChI=1S/C58H102O6/c1-4-7-10-13-16-19-22-24-26-28-29-31-32-34-36-39-42-45-48-51-57(60)63-54-55(53-62-56(59)50-47-44-41-38-21-18-15-12-9-6-3)64-58(61)52-49-46-43-40-37-35-33-30-27-25-23-20-17-14-11-8-5-2/h7,10,16,19,24,26,29,31,34,36,55H,4-6,8-9,11-15,17-18,20-23,25,27-28,30,32-33,35,37-54H2,1-3H3/b10-7-,19-16-,26-24-,31-29-,36-34-/t55-/m1/s1. The topological polar surface area (TPSA) is 78.9 Å². The molecule has 0 aliphatic carbocycles. The molecule has 0 rings (SSSR count). The lowest BCUT2D eigenvalue weighted by Gasteiger charge is -2.18. The summed E-state index contributed by atoms with van der Waals surface area (Å²) in [7, 11) is 0. The van der Waals surface area contributed by atoms with Crippen molar-refractivity contribution in [3.8, 4) is 0 Å². The molecule has 0 saturated heterocycles. The largest absolute Gasteiger partial charge is 0.462 e. The molecule has 0 aromatic rings. The van der Waals surface area contributed by atoms with E-state index < -0.39 is 6.10 Å². The number of unbranched alkanes of at least 4 members (excludes halogenated alkanes) is 28. The summed E-state index contributed by atoms with van der Waals surface area (Å²) in [4.78, 5) is 38.0. The summed E-state index contributed by atoms with van der Waals surface area (Å²) in [6.07, 6.45) is 64.9. The van der Waals surface area contributed by atoms with Gasteiger partial charge in [0.1, 0.15) is 13.2 Å². The van der Waals surface area contributed by atoms with E-state index in [9.17, 15) is 14.4 Å². The Morgan fingerprint density at radius 1 is 0.328 bits per heavy atom. The molecule has 0 amide bonds. The van der Waals surface area contributed by atoms with E-state index in [4.69, 9.17) is 14.2 Å². The van der Waals surface area contributed by atoms with Crippen LogP contribution in [0.1, 0.15) is 271 Å². The Morgan fingerprint density at radius 2 is 0.609 bits per heavy atom. The minimum Gasteiger partial charge on any atom is -0.462 e. The first-order chi connectivity index (χ1) is 31.5. The van der Waals surface area contributed by atoms with Gasteiger partial charge in [-0.25, -0.2) is 0 Å². The van der Waals surface area contributed by atoms with Gasteiger partial charge in [-0.15, -0.1) is 0 Å². The van der Waals surface area contributed by atoms with Gasteiger partial charge in [0.05, 0.1) is 0 Å². The summed E-state index contributed by atoms with van der Waals surface area (Å²) in [5.74, 6) is -0.906. The van der Waals surface area contributed by atoms with Gasteiger partial charge in [0.2, 0.25) is 0 Å². The molecule has 0 radical (unpaired) electrons. The van der Waals surface area contributed by atoms with E-state index in [1.54, 1.807) is 0 Å². The Labute approximate surface area is 396 Å². The van der Waals surface area contributed by atoms with E-state index in [2.05, 4.69) is 81.5 Å². The Kier molecular flexibility index (Phi) is 50.4. The van der Waals surface area contributed by atoms with Crippen molar-refractivity contribution in [2.75, 3.05) is 13.2 Å². The van der Waals surface area contributed by atoms with E-state index in [0.29, 0.717) is 19.3 Å². The molecule has 0 aromatic carbocycles. The van der Waals surface area contributed by atoms with Crippen molar-refractivity contribution >= 4 is 17.9 Å². The first-order valence-electron chi connectivity index (χ1n) is 27.3. The first kappa shape index (κ1) is 61.1. The smallest absolute Gasteiger partial charge is 0.306 e. The Balaban J connectivity index is 4.37. The van der Waals surface area contributed by atoms with Crippen LogP contribution in [0.15, 0.2) is 60.8 Å². The predicted octanol–water partition coefficient (Wildman–Crippen LogP) is 18.0. The van der Waals surface area contributed by atoms with Gasteiger partial charge < -0.3 is 14.2 Å². The molecule has 64 heavy (non-hydrogen) atoms. The van der Waals surface area contributed by atoms with Crippen molar-refractivity contribution in [1.29, 1.82) is 0 Å². The van der Waals surface area contributed by atoms with Crippen molar-refractivity contribution in [1.82, 2.24) is 0 Å². The van der Waals surface area contributed by atoms with Crippen LogP contribution in [0.4, 0.5) is 0 Å². The van der Waals surface area contributed by atoms with Gasteiger partial charge in [0.25, 0.3) is 0 Å². The highest BCUT2D eigenvalue weighted by atomic mass is 16.6. The minimum atomic E-state index is -0.783. The number of carbonyl (C=O) groups excluding carboxylic acids is 3. The van der Waals surface area contributed by atoms with Gasteiger partial charge in [-0.1, -0.05) is 248 Å². The number of hydrogen-bond acceptors (Lipinski definition) is 6. The van der Waals surface area contributed by atoms with Gasteiger partial charge in [0, 0.05) is 19.3 Å². The average Bonchev–Trinajstić information content (AvgIpc) is 3.29. The van der Waals surface area contributed by atoms with Gasteiger partial charge in [-0.3, -0.25) is 14.4 Å². The second-order valence-corrected chi connectivity index (χ2v) is 18.1. The average molecular weight is 895 g/mol. The van der Waals surface area contributed by atoms with Gasteiger partial charge >= 0.3 is 17.9 Å². The third-order valence-corrected chi connectivity index (χ3v) is 11.8. The molecule has 6 heteroatoms. The van der Waals surface area contributed by atoms with Crippen LogP contribution in [-0.2, 0) is 28.6 Å². The lowest BCUT2D eigenvalue weighted by molar-refractivity contribution is -0.167. The van der Waals surface area contributed by atoms with E-state index in [0.717, 1.165) is 96.3 Å². The molecular formula is C58H102O6. The summed E-state index contributed by atoms with van der Waals surface area (Å²) in [5, 5.41) is 0. The molecule has 0 spiro atoms. The number of rotatable bonds is 49. The predicted molar refractivity (Wildman–Crippen MR) is 275 cm³/mol. The lowest BCUT2D eigenvalue weighted by atomic mass is 10.0. The van der Waals surface area contributed by atoms with Crippen LogP contribution in [0.25, 0.3) is 0 Å². The van der Waals surface area contributed by atoms with E-state index >= 15 is 0 Å². The highest BCUT2D eigenvalue weighted by Gasteiger charge is 2.19. The molecular weight excluding hydrogens is 793 g/mol. The van der Waals surface area contributed by atoms with Crippen molar-refractivity contribution < 1.29 is 28.6 Å². The maximum atomic E-state index is 12.8. The molecule has 0 aliphatic heterocycles. The molecule has 1 atom stereocenters. The molecule has 0 bridgehead atoms. The molecule has 0 unspecified atom stereocenters. The maximum Gasteiger partial charge on any atom is 0.306 e. The molecule has 0 saturated carbocycles. The zero-order valence-electron chi connectivity index (χ0n) is 42.3. The third kappa shape index (κ3) is 50.1. The molecule has 0 fully saturated rings. The molecule has 0 aromatic heterocycles. The summed E-state index contributed by atoms with van der Waals surface area (Å²) in [6, 6.07) is 0. The number of allylic oxidation sites excluding steroid dienone is 10. The van der Waals surface area contributed by atoms with Gasteiger partial charge in [-0.2, -0.15) is 0 Å². The Morgan fingerprint density at radius 3 is 0.953 bits per heavy atom. The van der Waals surface area contributed by atoms with E-state index in [-0.39, 0.29) is 31.1 Å². The van der Waals surface area contributed by atoms with E-state index in [1.165, 1.54) is 135 Å². The van der Waals surface area contributed by atoms with Crippen molar-refractivity contribution in [2.24, 2.45) is 0 Å². The Hall–Kier alpha value is -2.89. The first-order valence-corrected chi connectivity index (χ1v) is 27.3. The fraction of sp³-hybridized carbons (Fsp3) is 0.776. The minimum absolute atomic E-state index is 0.0814. The summed E-state index contributed by atoms with van der Waals surface area (Å²) >= 11 is 0. The maximum absolute atomic E-state index is 12.8. The number of carbonyl (C=O) groups is 3. The van der Waals surface area contributed by atoms with Crippen molar-refractivity contribution in [3.05, 3.63) is 60.8 Å². The highest BCUT2D eigenvalue weighted by Crippen LogP contribution is 2.16. The van der Waals surface area contributed by atoms with Crippen LogP contribution >= 0.6 is 0 Å². The van der Waals surface area contributed by atoms with Crippen LogP contribution in [0, 0.1) is 0 Å². The normalized spacial score (nSPS) is 12.5. The van der Waals surface area contributed by atoms with Gasteiger partial charge in [-0.05, 0) is 64.2 Å². The second kappa shape index (κ2) is 52.7. The lowest BCUT2D eigenvalue weighted by Crippen LogP contribution is -2.30. The highest BCUT2D eigenvalue weighted by molar-refractivity contribution is 5.71. The molecule has 370 valence electrons. The second-order valence-electron chi connectivity index (χ2n) is 18.1. The number of hydrogen-bond donors (Lipinski definition) is 0. The molecule has 0 N–H and O–H groups in total. The molecule has 0 heterocycles. The van der Waals surface area contributed by atoms with Crippen molar-refractivity contribution in [2.45, 2.75) is 277 Å². The number of esters is 3. The van der Waals surface area contributed by atoms with E-state index in [1.807, 2.05) is 0 Å². The quantitative estimate of drug-likeness (QED) is 0.0262. The van der Waals surface area contributed by atoms with Crippen LogP contribution < -0.4 is 0 Å². The SMILES string of the molecule is CC/C=C\C/C=C\C/C=C\C/C=C\C/C=C\CCCCCC(=O)OC[C@@H](COC(=O)CCCCCCCCCCCC)OC(=O)CCCCCCCCCCCCCCCCCCC. The van der Waals surface area contributed by atoms with Crippen LogP contribution in [0.2, 0.25) is 0 Å². The van der Waals surface area contributed by atoms with Gasteiger partial charge in [0.15, 0.2) is 6.10 Å². The van der Waals surface area contributed by atoms with Crippen LogP contribution in [0.5, 0.6) is 0 Å². The van der Waals surface area contributed by atoms with Crippen LogP contribution in [-0.4, -0.2) is 37.2 Å². The van der Waals surface area contributed by atoms with Crippen molar-refractivity contribution in [3.63, 3.8) is 0 Å². The fourth-order valence-corrected chi connectivity index (χ4v) is 7.70. The van der Waals surface area contributed by atoms with Crippen LogP contribution in [0.3, 0.4) is 0 Å². The summed E-state index contributed by atoms with van der Waals surface area (Å²) < 4.78 is 16.8. The summed E-state index contributed by atoms with van der Waals surface area (Å²) in [5.41, 5.74) is 0.